The van der Waals surface area contributed by atoms with Gasteiger partial charge in [0.1, 0.15) is 12.4 Å². The van der Waals surface area contributed by atoms with Crippen LogP contribution in [0.15, 0.2) is 78.9 Å². The maximum absolute atomic E-state index is 12.5. The van der Waals surface area contributed by atoms with Gasteiger partial charge in [0, 0.05) is 23.6 Å². The fourth-order valence-electron chi connectivity index (χ4n) is 3.27. The zero-order valence-electron chi connectivity index (χ0n) is 16.1. The maximum Gasteiger partial charge on any atom is 0.338 e. The summed E-state index contributed by atoms with van der Waals surface area (Å²) in [6.45, 7) is 0.456. The van der Waals surface area contributed by atoms with E-state index in [1.165, 1.54) is 0 Å². The van der Waals surface area contributed by atoms with Gasteiger partial charge in [0.15, 0.2) is 5.78 Å². The Kier molecular flexibility index (Phi) is 5.91. The van der Waals surface area contributed by atoms with Crippen LogP contribution in [0.3, 0.4) is 0 Å². The quantitative estimate of drug-likeness (QED) is 0.301. The summed E-state index contributed by atoms with van der Waals surface area (Å²) in [4.78, 5) is 29.5. The Bertz CT molecular complexity index is 1180. The van der Waals surface area contributed by atoms with Gasteiger partial charge in [-0.15, -0.1) is 0 Å². The van der Waals surface area contributed by atoms with Gasteiger partial charge < -0.3 is 9.30 Å². The number of para-hydroxylation sites is 2. The Morgan fingerprint density at radius 3 is 2.33 bits per heavy atom. The Morgan fingerprint density at radius 1 is 0.867 bits per heavy atom. The average Bonchev–Trinajstić information content (AvgIpc) is 3.14. The molecule has 30 heavy (non-hydrogen) atoms. The molecule has 0 spiro atoms. The van der Waals surface area contributed by atoms with E-state index in [-0.39, 0.29) is 12.4 Å². The maximum atomic E-state index is 12.5. The first-order chi connectivity index (χ1) is 14.6. The first kappa shape index (κ1) is 19.9. The fraction of sp³-hybridized carbons (Fsp3) is 0.125. The van der Waals surface area contributed by atoms with E-state index in [9.17, 15) is 9.59 Å². The summed E-state index contributed by atoms with van der Waals surface area (Å²) >= 11 is 5.87. The van der Waals surface area contributed by atoms with Crippen molar-refractivity contribution in [2.75, 3.05) is 0 Å². The number of hydrogen-bond acceptors (Lipinski definition) is 4. The zero-order chi connectivity index (χ0) is 20.9. The summed E-state index contributed by atoms with van der Waals surface area (Å²) in [5.41, 5.74) is 2.79. The van der Waals surface area contributed by atoms with Gasteiger partial charge in [-0.1, -0.05) is 54.1 Å². The molecule has 0 saturated carbocycles. The molecule has 0 aliphatic rings. The predicted molar refractivity (Wildman–Crippen MR) is 116 cm³/mol. The van der Waals surface area contributed by atoms with Crippen molar-refractivity contribution in [3.8, 4) is 0 Å². The number of ether oxygens (including phenoxy) is 1. The number of ketones is 1. The lowest BCUT2D eigenvalue weighted by molar-refractivity contribution is 0.0458. The van der Waals surface area contributed by atoms with Crippen molar-refractivity contribution in [2.24, 2.45) is 0 Å². The van der Waals surface area contributed by atoms with Crippen LogP contribution in [-0.4, -0.2) is 21.3 Å². The van der Waals surface area contributed by atoms with E-state index in [0.717, 1.165) is 11.0 Å². The molecule has 6 heteroatoms. The number of benzene rings is 3. The molecular formula is C24H19ClN2O3. The largest absolute Gasteiger partial charge is 0.454 e. The van der Waals surface area contributed by atoms with Crippen LogP contribution in [0.25, 0.3) is 11.0 Å². The van der Waals surface area contributed by atoms with Gasteiger partial charge in [0.2, 0.25) is 0 Å². The van der Waals surface area contributed by atoms with Crippen LogP contribution in [0, 0.1) is 0 Å². The Labute approximate surface area is 178 Å². The highest BCUT2D eigenvalue weighted by molar-refractivity contribution is 6.30. The minimum atomic E-state index is -0.453. The molecule has 0 unspecified atom stereocenters. The van der Waals surface area contributed by atoms with E-state index in [2.05, 4.69) is 4.98 Å². The van der Waals surface area contributed by atoms with Crippen molar-refractivity contribution >= 4 is 34.4 Å². The normalized spacial score (nSPS) is 10.8. The standard InChI is InChI=1S/C24H19ClN2O3/c25-19-12-10-18(11-13-19)24(29)30-16-23-26-20-8-4-5-9-21(20)27(23)15-14-22(28)17-6-2-1-3-7-17/h1-13H,14-16H2. The lowest BCUT2D eigenvalue weighted by Crippen LogP contribution is -2.12. The second kappa shape index (κ2) is 8.93. The summed E-state index contributed by atoms with van der Waals surface area (Å²) in [6.07, 6.45) is 0.322. The van der Waals surface area contributed by atoms with Crippen molar-refractivity contribution in [3.63, 3.8) is 0 Å². The topological polar surface area (TPSA) is 61.2 Å². The van der Waals surface area contributed by atoms with Gasteiger partial charge in [-0.25, -0.2) is 9.78 Å². The van der Waals surface area contributed by atoms with Crippen molar-refractivity contribution in [3.05, 3.63) is 101 Å². The number of hydrogen-bond donors (Lipinski definition) is 0. The molecule has 0 atom stereocenters. The molecule has 1 heterocycles. The number of fused-ring (bicyclic) bond motifs is 1. The van der Waals surface area contributed by atoms with Crippen molar-refractivity contribution in [1.82, 2.24) is 9.55 Å². The highest BCUT2D eigenvalue weighted by Crippen LogP contribution is 2.19. The van der Waals surface area contributed by atoms with Crippen molar-refractivity contribution < 1.29 is 14.3 Å². The van der Waals surface area contributed by atoms with E-state index in [1.54, 1.807) is 24.3 Å². The molecule has 5 nitrogen and oxygen atoms in total. The summed E-state index contributed by atoms with van der Waals surface area (Å²) in [7, 11) is 0. The van der Waals surface area contributed by atoms with Crippen LogP contribution in [0.4, 0.5) is 0 Å². The third-order valence-electron chi connectivity index (χ3n) is 4.80. The smallest absolute Gasteiger partial charge is 0.338 e. The number of aryl methyl sites for hydroxylation is 1. The minimum Gasteiger partial charge on any atom is -0.454 e. The SMILES string of the molecule is O=C(CCn1c(COC(=O)c2ccc(Cl)cc2)nc2ccccc21)c1ccccc1. The molecule has 0 bridgehead atoms. The summed E-state index contributed by atoms with van der Waals surface area (Å²) in [5.74, 6) is 0.197. The summed E-state index contributed by atoms with van der Waals surface area (Å²) in [6, 6.07) is 23.4. The van der Waals surface area contributed by atoms with Crippen LogP contribution in [0.1, 0.15) is 33.0 Å². The number of Topliss-reactive ketones (excluding diaryl/α,β-unsaturated/α-hetero) is 1. The third kappa shape index (κ3) is 4.42. The number of rotatable bonds is 7. The fourth-order valence-corrected chi connectivity index (χ4v) is 3.39. The van der Waals surface area contributed by atoms with Crippen LogP contribution in [0.5, 0.6) is 0 Å². The monoisotopic (exact) mass is 418 g/mol. The second-order valence-corrected chi connectivity index (χ2v) is 7.23. The van der Waals surface area contributed by atoms with Gasteiger partial charge in [0.05, 0.1) is 16.6 Å². The average molecular weight is 419 g/mol. The molecule has 0 aliphatic heterocycles. The molecule has 1 aromatic heterocycles. The predicted octanol–water partition coefficient (Wildman–Crippen LogP) is 5.32. The number of aromatic nitrogens is 2. The van der Waals surface area contributed by atoms with Crippen molar-refractivity contribution in [1.29, 1.82) is 0 Å². The molecule has 4 aromatic rings. The first-order valence-electron chi connectivity index (χ1n) is 9.57. The second-order valence-electron chi connectivity index (χ2n) is 6.79. The van der Waals surface area contributed by atoms with Crippen LogP contribution >= 0.6 is 11.6 Å². The Morgan fingerprint density at radius 2 is 1.57 bits per heavy atom. The van der Waals surface area contributed by atoms with E-state index >= 15 is 0 Å². The van der Waals surface area contributed by atoms with E-state index in [4.69, 9.17) is 16.3 Å². The Balaban J connectivity index is 1.52. The molecule has 150 valence electrons. The molecule has 0 saturated heterocycles. The Hall–Kier alpha value is -3.44. The number of nitrogens with zero attached hydrogens (tertiary/aromatic N) is 2. The number of carbonyl (C=O) groups excluding carboxylic acids is 2. The number of halogens is 1. The molecule has 4 rings (SSSR count). The van der Waals surface area contributed by atoms with Crippen LogP contribution in [-0.2, 0) is 17.9 Å². The molecule has 0 fully saturated rings. The molecular weight excluding hydrogens is 400 g/mol. The van der Waals surface area contributed by atoms with Gasteiger partial charge in [-0.2, -0.15) is 0 Å². The van der Waals surface area contributed by atoms with E-state index in [0.29, 0.717) is 34.9 Å². The highest BCUT2D eigenvalue weighted by atomic mass is 35.5. The molecule has 0 N–H and O–H groups in total. The number of imidazole rings is 1. The van der Waals surface area contributed by atoms with Crippen LogP contribution < -0.4 is 0 Å². The van der Waals surface area contributed by atoms with Gasteiger partial charge in [-0.05, 0) is 36.4 Å². The van der Waals surface area contributed by atoms with Gasteiger partial charge in [0.25, 0.3) is 0 Å². The van der Waals surface area contributed by atoms with Gasteiger partial charge in [-0.3, -0.25) is 4.79 Å². The van der Waals surface area contributed by atoms with Crippen molar-refractivity contribution in [2.45, 2.75) is 19.6 Å². The van der Waals surface area contributed by atoms with E-state index in [1.807, 2.05) is 59.2 Å². The third-order valence-corrected chi connectivity index (χ3v) is 5.06. The minimum absolute atomic E-state index is 0.00959. The molecule has 3 aromatic carbocycles. The number of esters is 1. The first-order valence-corrected chi connectivity index (χ1v) is 9.95. The highest BCUT2D eigenvalue weighted by Gasteiger charge is 2.15. The molecule has 0 aliphatic carbocycles. The number of carbonyl (C=O) groups is 2. The van der Waals surface area contributed by atoms with Gasteiger partial charge >= 0.3 is 5.97 Å². The van der Waals surface area contributed by atoms with Crippen LogP contribution in [0.2, 0.25) is 5.02 Å². The lowest BCUT2D eigenvalue weighted by Gasteiger charge is -2.10. The summed E-state index contributed by atoms with van der Waals surface area (Å²) < 4.78 is 7.40. The molecule has 0 amide bonds. The summed E-state index contributed by atoms with van der Waals surface area (Å²) in [5, 5.41) is 0.552. The van der Waals surface area contributed by atoms with E-state index < -0.39 is 5.97 Å². The zero-order valence-corrected chi connectivity index (χ0v) is 16.9. The lowest BCUT2D eigenvalue weighted by atomic mass is 10.1. The molecule has 0 radical (unpaired) electrons.